The lowest BCUT2D eigenvalue weighted by Crippen LogP contribution is -2.11. The lowest BCUT2D eigenvalue weighted by molar-refractivity contribution is 0.818. The van der Waals surface area contributed by atoms with Gasteiger partial charge in [-0.3, -0.25) is 0 Å². The SMILES string of the molecule is Cc1cc(C)cc(N(C)c2ccc([C@H](C)N)cc2Cl)c1. The number of nitrogens with two attached hydrogens (primary N) is 1. The third-order valence-corrected chi connectivity index (χ3v) is 3.76. The Kier molecular flexibility index (Phi) is 4.36. The minimum absolute atomic E-state index is 0.00642. The van der Waals surface area contributed by atoms with Gasteiger partial charge in [0.15, 0.2) is 0 Å². The molecule has 2 nitrogen and oxygen atoms in total. The van der Waals surface area contributed by atoms with Crippen molar-refractivity contribution >= 4 is 23.0 Å². The van der Waals surface area contributed by atoms with E-state index in [0.717, 1.165) is 22.0 Å². The van der Waals surface area contributed by atoms with Gasteiger partial charge in [0, 0.05) is 18.8 Å². The first-order valence-electron chi connectivity index (χ1n) is 6.75. The van der Waals surface area contributed by atoms with Crippen molar-refractivity contribution in [3.05, 3.63) is 58.1 Å². The molecule has 0 aliphatic heterocycles. The van der Waals surface area contributed by atoms with Crippen LogP contribution in [0, 0.1) is 13.8 Å². The Labute approximate surface area is 126 Å². The first kappa shape index (κ1) is 14.9. The predicted octanol–water partition coefficient (Wildman–Crippen LogP) is 4.74. The predicted molar refractivity (Wildman–Crippen MR) is 88.0 cm³/mol. The second-order valence-electron chi connectivity index (χ2n) is 5.40. The molecule has 2 aromatic rings. The van der Waals surface area contributed by atoms with Crippen molar-refractivity contribution in [2.45, 2.75) is 26.8 Å². The highest BCUT2D eigenvalue weighted by atomic mass is 35.5. The molecule has 2 aromatic carbocycles. The summed E-state index contributed by atoms with van der Waals surface area (Å²) in [6.07, 6.45) is 0. The molecule has 1 atom stereocenters. The summed E-state index contributed by atoms with van der Waals surface area (Å²) < 4.78 is 0. The minimum Gasteiger partial charge on any atom is -0.343 e. The van der Waals surface area contributed by atoms with Gasteiger partial charge in [-0.2, -0.15) is 0 Å². The minimum atomic E-state index is -0.00642. The molecule has 0 heterocycles. The van der Waals surface area contributed by atoms with E-state index in [1.165, 1.54) is 11.1 Å². The van der Waals surface area contributed by atoms with Crippen LogP contribution in [0.3, 0.4) is 0 Å². The van der Waals surface area contributed by atoms with Gasteiger partial charge in [0.2, 0.25) is 0 Å². The van der Waals surface area contributed by atoms with E-state index in [-0.39, 0.29) is 6.04 Å². The van der Waals surface area contributed by atoms with Gasteiger partial charge in [-0.1, -0.05) is 23.7 Å². The molecule has 0 aliphatic rings. The Balaban J connectivity index is 2.40. The van der Waals surface area contributed by atoms with Crippen LogP contribution in [0.25, 0.3) is 0 Å². The molecular weight excluding hydrogens is 268 g/mol. The van der Waals surface area contributed by atoms with Crippen LogP contribution in [0.4, 0.5) is 11.4 Å². The van der Waals surface area contributed by atoms with Crippen LogP contribution < -0.4 is 10.6 Å². The van der Waals surface area contributed by atoms with Crippen LogP contribution in [-0.2, 0) is 0 Å². The van der Waals surface area contributed by atoms with E-state index in [4.69, 9.17) is 17.3 Å². The fourth-order valence-electron chi connectivity index (χ4n) is 2.36. The van der Waals surface area contributed by atoms with E-state index in [0.29, 0.717) is 0 Å². The number of rotatable bonds is 3. The Morgan fingerprint density at radius 3 is 2.15 bits per heavy atom. The van der Waals surface area contributed by atoms with Crippen LogP contribution in [0.2, 0.25) is 5.02 Å². The molecule has 20 heavy (non-hydrogen) atoms. The quantitative estimate of drug-likeness (QED) is 0.883. The molecule has 0 fully saturated rings. The number of hydrogen-bond donors (Lipinski definition) is 1. The molecule has 2 rings (SSSR count). The monoisotopic (exact) mass is 288 g/mol. The maximum absolute atomic E-state index is 6.40. The lowest BCUT2D eigenvalue weighted by Gasteiger charge is -2.22. The summed E-state index contributed by atoms with van der Waals surface area (Å²) in [7, 11) is 2.03. The Morgan fingerprint density at radius 2 is 1.65 bits per heavy atom. The highest BCUT2D eigenvalue weighted by Crippen LogP contribution is 2.33. The molecule has 0 spiro atoms. The molecule has 0 aliphatic carbocycles. The van der Waals surface area contributed by atoms with Crippen molar-refractivity contribution in [3.8, 4) is 0 Å². The van der Waals surface area contributed by atoms with Gasteiger partial charge in [0.05, 0.1) is 10.7 Å². The van der Waals surface area contributed by atoms with Crippen molar-refractivity contribution < 1.29 is 0 Å². The van der Waals surface area contributed by atoms with E-state index in [1.54, 1.807) is 0 Å². The van der Waals surface area contributed by atoms with Crippen molar-refractivity contribution in [2.24, 2.45) is 5.73 Å². The molecule has 0 bridgehead atoms. The molecule has 106 valence electrons. The summed E-state index contributed by atoms with van der Waals surface area (Å²) in [4.78, 5) is 2.10. The van der Waals surface area contributed by atoms with Gasteiger partial charge in [-0.15, -0.1) is 0 Å². The van der Waals surface area contributed by atoms with Crippen molar-refractivity contribution in [1.82, 2.24) is 0 Å². The normalized spacial score (nSPS) is 12.3. The highest BCUT2D eigenvalue weighted by Gasteiger charge is 2.11. The zero-order chi connectivity index (χ0) is 14.9. The maximum Gasteiger partial charge on any atom is 0.0646 e. The fraction of sp³-hybridized carbons (Fsp3) is 0.294. The number of hydrogen-bond acceptors (Lipinski definition) is 2. The van der Waals surface area contributed by atoms with Gasteiger partial charge < -0.3 is 10.6 Å². The van der Waals surface area contributed by atoms with Crippen LogP contribution in [0.1, 0.15) is 29.7 Å². The number of anilines is 2. The molecule has 2 N–H and O–H groups in total. The van der Waals surface area contributed by atoms with Gasteiger partial charge in [0.25, 0.3) is 0 Å². The maximum atomic E-state index is 6.40. The third kappa shape index (κ3) is 3.14. The van der Waals surface area contributed by atoms with Crippen LogP contribution in [-0.4, -0.2) is 7.05 Å². The zero-order valence-corrected chi connectivity index (χ0v) is 13.2. The summed E-state index contributed by atoms with van der Waals surface area (Å²) in [5, 5.41) is 0.724. The third-order valence-electron chi connectivity index (χ3n) is 3.45. The molecule has 0 unspecified atom stereocenters. The number of aryl methyl sites for hydroxylation is 2. The van der Waals surface area contributed by atoms with E-state index < -0.39 is 0 Å². The van der Waals surface area contributed by atoms with Crippen molar-refractivity contribution in [1.29, 1.82) is 0 Å². The standard InChI is InChI=1S/C17H21ClN2/c1-11-7-12(2)9-15(8-11)20(4)17-6-5-14(13(3)19)10-16(17)18/h5-10,13H,19H2,1-4H3/t13-/m0/s1. The van der Waals surface area contributed by atoms with Gasteiger partial charge >= 0.3 is 0 Å². The number of benzene rings is 2. The zero-order valence-electron chi connectivity index (χ0n) is 12.4. The van der Waals surface area contributed by atoms with Gasteiger partial charge in [-0.05, 0) is 61.7 Å². The lowest BCUT2D eigenvalue weighted by atomic mass is 10.1. The second-order valence-corrected chi connectivity index (χ2v) is 5.81. The smallest absolute Gasteiger partial charge is 0.0646 e. The van der Waals surface area contributed by atoms with Crippen LogP contribution >= 0.6 is 11.6 Å². The van der Waals surface area contributed by atoms with E-state index in [1.807, 2.05) is 32.2 Å². The summed E-state index contributed by atoms with van der Waals surface area (Å²) in [5.74, 6) is 0. The molecule has 0 saturated heterocycles. The Bertz CT molecular complexity index is 600. The number of nitrogens with zero attached hydrogens (tertiary/aromatic N) is 1. The van der Waals surface area contributed by atoms with Crippen molar-refractivity contribution in [3.63, 3.8) is 0 Å². The topological polar surface area (TPSA) is 29.3 Å². The number of halogens is 1. The summed E-state index contributed by atoms with van der Waals surface area (Å²) in [5.41, 5.74) is 11.6. The molecule has 3 heteroatoms. The van der Waals surface area contributed by atoms with E-state index in [9.17, 15) is 0 Å². The Morgan fingerprint density at radius 1 is 1.05 bits per heavy atom. The summed E-state index contributed by atoms with van der Waals surface area (Å²) in [6.45, 7) is 6.16. The largest absolute Gasteiger partial charge is 0.343 e. The first-order chi connectivity index (χ1) is 9.38. The molecule has 0 aromatic heterocycles. The highest BCUT2D eigenvalue weighted by molar-refractivity contribution is 6.33. The molecule has 0 radical (unpaired) electrons. The fourth-order valence-corrected chi connectivity index (χ4v) is 2.68. The van der Waals surface area contributed by atoms with Crippen molar-refractivity contribution in [2.75, 3.05) is 11.9 Å². The average molecular weight is 289 g/mol. The summed E-state index contributed by atoms with van der Waals surface area (Å²) in [6, 6.07) is 12.5. The molecule has 0 saturated carbocycles. The van der Waals surface area contributed by atoms with Gasteiger partial charge in [0.1, 0.15) is 0 Å². The second kappa shape index (κ2) is 5.86. The van der Waals surface area contributed by atoms with E-state index in [2.05, 4.69) is 36.9 Å². The first-order valence-corrected chi connectivity index (χ1v) is 7.13. The van der Waals surface area contributed by atoms with Crippen LogP contribution in [0.5, 0.6) is 0 Å². The van der Waals surface area contributed by atoms with E-state index >= 15 is 0 Å². The van der Waals surface area contributed by atoms with Crippen LogP contribution in [0.15, 0.2) is 36.4 Å². The molecular formula is C17H21ClN2. The average Bonchev–Trinajstić information content (AvgIpc) is 2.36. The Hall–Kier alpha value is -1.51. The van der Waals surface area contributed by atoms with Gasteiger partial charge in [-0.25, -0.2) is 0 Å². The molecule has 0 amide bonds. The summed E-state index contributed by atoms with van der Waals surface area (Å²) >= 11 is 6.40.